The first kappa shape index (κ1) is 12.7. The van der Waals surface area contributed by atoms with E-state index in [0.717, 1.165) is 23.5 Å². The third-order valence-corrected chi connectivity index (χ3v) is 2.96. The van der Waals surface area contributed by atoms with Gasteiger partial charge in [0.25, 0.3) is 0 Å². The number of nitrogens with zero attached hydrogens (tertiary/aromatic N) is 1. The zero-order valence-electron chi connectivity index (χ0n) is 10.1. The lowest BCUT2D eigenvalue weighted by molar-refractivity contribution is 0.317. The Morgan fingerprint density at radius 1 is 1.17 bits per heavy atom. The zero-order chi connectivity index (χ0) is 13.0. The first-order valence-electron chi connectivity index (χ1n) is 5.77. The summed E-state index contributed by atoms with van der Waals surface area (Å²) in [5.41, 5.74) is 1.39. The van der Waals surface area contributed by atoms with E-state index in [9.17, 15) is 0 Å². The second-order valence-electron chi connectivity index (χ2n) is 3.95. The molecule has 1 aromatic heterocycles. The van der Waals surface area contributed by atoms with Gasteiger partial charge in [-0.3, -0.25) is 0 Å². The Morgan fingerprint density at radius 2 is 1.83 bits per heavy atom. The van der Waals surface area contributed by atoms with Crippen molar-refractivity contribution in [3.63, 3.8) is 0 Å². The molecule has 0 bridgehead atoms. The quantitative estimate of drug-likeness (QED) is 0.516. The lowest BCUT2D eigenvalue weighted by Crippen LogP contribution is -2.04. The minimum absolute atomic E-state index is 0.456. The number of hydrogen-bond acceptors (Lipinski definition) is 3. The van der Waals surface area contributed by atoms with E-state index in [1.165, 1.54) is 0 Å². The second kappa shape index (κ2) is 5.74. The van der Waals surface area contributed by atoms with E-state index in [0.29, 0.717) is 17.2 Å². The minimum atomic E-state index is 0.456. The molecule has 1 N–H and O–H groups in total. The van der Waals surface area contributed by atoms with Crippen LogP contribution >= 0.6 is 11.6 Å². The van der Waals surface area contributed by atoms with E-state index in [1.54, 1.807) is 12.1 Å². The number of benzene rings is 1. The summed E-state index contributed by atoms with van der Waals surface area (Å²) in [7, 11) is 0. The maximum Gasteiger partial charge on any atom is 0.110 e. The summed E-state index contributed by atoms with van der Waals surface area (Å²) >= 11 is 5.82. The molecule has 18 heavy (non-hydrogen) atoms. The number of aryl methyl sites for hydroxylation is 1. The van der Waals surface area contributed by atoms with E-state index in [2.05, 4.69) is 5.16 Å². The molecule has 0 spiro atoms. The van der Waals surface area contributed by atoms with Gasteiger partial charge < -0.3 is 9.62 Å². The molecule has 0 amide bonds. The van der Waals surface area contributed by atoms with Crippen LogP contribution in [0.5, 0.6) is 0 Å². The van der Waals surface area contributed by atoms with E-state index < -0.39 is 0 Å². The highest BCUT2D eigenvalue weighted by Gasteiger charge is 2.09. The van der Waals surface area contributed by atoms with Gasteiger partial charge in [-0.05, 0) is 29.8 Å². The predicted molar refractivity (Wildman–Crippen MR) is 71.6 cm³/mol. The Hall–Kier alpha value is -1.74. The monoisotopic (exact) mass is 263 g/mol. The number of oxime groups is 1. The van der Waals surface area contributed by atoms with Gasteiger partial charge in [-0.1, -0.05) is 35.8 Å². The lowest BCUT2D eigenvalue weighted by Gasteiger charge is -2.03. The Kier molecular flexibility index (Phi) is 4.05. The van der Waals surface area contributed by atoms with Gasteiger partial charge in [-0.25, -0.2) is 0 Å². The summed E-state index contributed by atoms with van der Waals surface area (Å²) in [6, 6.07) is 11.0. The van der Waals surface area contributed by atoms with E-state index in [4.69, 9.17) is 21.2 Å². The largest absolute Gasteiger partial charge is 0.466 e. The van der Waals surface area contributed by atoms with E-state index >= 15 is 0 Å². The average Bonchev–Trinajstić information content (AvgIpc) is 2.85. The molecule has 1 heterocycles. The second-order valence-corrected chi connectivity index (χ2v) is 4.39. The van der Waals surface area contributed by atoms with Crippen molar-refractivity contribution in [2.45, 2.75) is 19.8 Å². The summed E-state index contributed by atoms with van der Waals surface area (Å²) in [6.45, 7) is 2.03. The fourth-order valence-electron chi connectivity index (χ4n) is 1.71. The molecule has 0 aliphatic rings. The van der Waals surface area contributed by atoms with Crippen LogP contribution in [-0.2, 0) is 12.8 Å². The highest BCUT2D eigenvalue weighted by Crippen LogP contribution is 2.15. The summed E-state index contributed by atoms with van der Waals surface area (Å²) in [5.74, 6) is 1.72. The van der Waals surface area contributed by atoms with Crippen LogP contribution < -0.4 is 0 Å². The Labute approximate surface area is 111 Å². The van der Waals surface area contributed by atoms with Crippen LogP contribution in [0.3, 0.4) is 0 Å². The van der Waals surface area contributed by atoms with Crippen LogP contribution in [0.15, 0.2) is 46.0 Å². The number of rotatable bonds is 4. The van der Waals surface area contributed by atoms with Crippen LogP contribution in [0.4, 0.5) is 0 Å². The highest BCUT2D eigenvalue weighted by molar-refractivity contribution is 6.30. The fourth-order valence-corrected chi connectivity index (χ4v) is 1.84. The van der Waals surface area contributed by atoms with Crippen molar-refractivity contribution in [2.75, 3.05) is 0 Å². The molecule has 0 radical (unpaired) electrons. The molecule has 0 unspecified atom stereocenters. The lowest BCUT2D eigenvalue weighted by atomic mass is 10.1. The van der Waals surface area contributed by atoms with Gasteiger partial charge in [-0.2, -0.15) is 0 Å². The molecular formula is C14H14ClNO2. The molecule has 0 saturated heterocycles. The molecule has 4 heteroatoms. The zero-order valence-corrected chi connectivity index (χ0v) is 10.8. The highest BCUT2D eigenvalue weighted by atomic mass is 35.5. The molecule has 0 saturated carbocycles. The third-order valence-electron chi connectivity index (χ3n) is 2.71. The van der Waals surface area contributed by atoms with Crippen molar-refractivity contribution < 1.29 is 9.62 Å². The molecule has 3 nitrogen and oxygen atoms in total. The minimum Gasteiger partial charge on any atom is -0.466 e. The van der Waals surface area contributed by atoms with Crippen molar-refractivity contribution >= 4 is 17.3 Å². The van der Waals surface area contributed by atoms with Gasteiger partial charge >= 0.3 is 0 Å². The van der Waals surface area contributed by atoms with Gasteiger partial charge in [-0.15, -0.1) is 0 Å². The smallest absolute Gasteiger partial charge is 0.110 e. The molecular weight excluding hydrogens is 250 g/mol. The molecule has 2 rings (SSSR count). The molecule has 0 aliphatic heterocycles. The van der Waals surface area contributed by atoms with Gasteiger partial charge in [0, 0.05) is 11.4 Å². The van der Waals surface area contributed by atoms with Crippen molar-refractivity contribution in [1.29, 1.82) is 0 Å². The summed E-state index contributed by atoms with van der Waals surface area (Å²) < 4.78 is 5.59. The number of furan rings is 1. The maximum atomic E-state index is 9.09. The molecule has 0 fully saturated rings. The van der Waals surface area contributed by atoms with Crippen LogP contribution in [0.2, 0.25) is 5.02 Å². The number of hydrogen-bond donors (Lipinski definition) is 1. The predicted octanol–water partition coefficient (Wildman–Crippen LogP) is 3.92. The summed E-state index contributed by atoms with van der Waals surface area (Å²) in [5, 5.41) is 13.1. The van der Waals surface area contributed by atoms with Crippen molar-refractivity contribution in [2.24, 2.45) is 5.16 Å². The standard InChI is InChI=1S/C14H14ClNO2/c1-2-12-7-8-13(18-12)9-14(16-17)10-3-5-11(15)6-4-10/h3-8,17H,2,9H2,1H3. The average molecular weight is 264 g/mol. The molecule has 94 valence electrons. The van der Waals surface area contributed by atoms with Gasteiger partial charge in [0.15, 0.2) is 0 Å². The van der Waals surface area contributed by atoms with Crippen LogP contribution in [0, 0.1) is 0 Å². The maximum absolute atomic E-state index is 9.09. The molecule has 0 atom stereocenters. The van der Waals surface area contributed by atoms with Crippen LogP contribution in [-0.4, -0.2) is 10.9 Å². The first-order chi connectivity index (χ1) is 8.72. The summed E-state index contributed by atoms with van der Waals surface area (Å²) in [6.07, 6.45) is 1.31. The Morgan fingerprint density at radius 3 is 2.39 bits per heavy atom. The Bertz CT molecular complexity index is 543. The van der Waals surface area contributed by atoms with Crippen molar-refractivity contribution in [3.8, 4) is 0 Å². The van der Waals surface area contributed by atoms with Crippen LogP contribution in [0.1, 0.15) is 24.0 Å². The van der Waals surface area contributed by atoms with Gasteiger partial charge in [0.1, 0.15) is 11.5 Å². The van der Waals surface area contributed by atoms with Crippen LogP contribution in [0.25, 0.3) is 0 Å². The third kappa shape index (κ3) is 2.93. The van der Waals surface area contributed by atoms with Gasteiger partial charge in [0.2, 0.25) is 0 Å². The topological polar surface area (TPSA) is 45.7 Å². The van der Waals surface area contributed by atoms with E-state index in [-0.39, 0.29) is 0 Å². The molecule has 2 aromatic rings. The molecule has 1 aromatic carbocycles. The Balaban J connectivity index is 2.17. The SMILES string of the molecule is CCc1ccc(CC(=NO)c2ccc(Cl)cc2)o1. The van der Waals surface area contributed by atoms with Gasteiger partial charge in [0.05, 0.1) is 12.1 Å². The first-order valence-corrected chi connectivity index (χ1v) is 6.15. The van der Waals surface area contributed by atoms with Crippen molar-refractivity contribution in [1.82, 2.24) is 0 Å². The summed E-state index contributed by atoms with van der Waals surface area (Å²) in [4.78, 5) is 0. The number of halogens is 1. The fraction of sp³-hybridized carbons (Fsp3) is 0.214. The van der Waals surface area contributed by atoms with E-state index in [1.807, 2.05) is 31.2 Å². The van der Waals surface area contributed by atoms with Crippen molar-refractivity contribution in [3.05, 3.63) is 58.5 Å². The normalized spacial score (nSPS) is 11.8. The molecule has 0 aliphatic carbocycles.